The number of hydrogen-bond acceptors (Lipinski definition) is 3. The summed E-state index contributed by atoms with van der Waals surface area (Å²) in [6, 6.07) is 1.29. The van der Waals surface area contributed by atoms with Gasteiger partial charge in [0.05, 0.1) is 6.54 Å². The predicted octanol–water partition coefficient (Wildman–Crippen LogP) is 1.50. The van der Waals surface area contributed by atoms with Gasteiger partial charge in [0.1, 0.15) is 10.3 Å². The third-order valence-corrected chi connectivity index (χ3v) is 2.32. The molecule has 0 saturated carbocycles. The molecular formula is C9H12BrN3O3. The Labute approximate surface area is 101 Å². The normalized spacial score (nSPS) is 12.2. The Balaban J connectivity index is 2.80. The van der Waals surface area contributed by atoms with Crippen molar-refractivity contribution in [3.05, 3.63) is 16.4 Å². The largest absolute Gasteiger partial charge is 0.465 e. The van der Waals surface area contributed by atoms with Crippen molar-refractivity contribution in [2.45, 2.75) is 26.4 Å². The predicted molar refractivity (Wildman–Crippen MR) is 60.6 cm³/mol. The average molecular weight is 290 g/mol. The number of carbonyl (C=O) groups excluding carboxylic acids is 1. The van der Waals surface area contributed by atoms with Crippen LogP contribution in [0.5, 0.6) is 0 Å². The van der Waals surface area contributed by atoms with Gasteiger partial charge >= 0.3 is 6.09 Å². The number of amides is 1. The van der Waals surface area contributed by atoms with Gasteiger partial charge in [0.2, 0.25) is 0 Å². The lowest BCUT2D eigenvalue weighted by Gasteiger charge is -2.12. The highest BCUT2D eigenvalue weighted by molar-refractivity contribution is 9.10. The van der Waals surface area contributed by atoms with Gasteiger partial charge in [0.15, 0.2) is 5.78 Å². The first kappa shape index (κ1) is 12.7. The van der Waals surface area contributed by atoms with Crippen molar-refractivity contribution in [2.75, 3.05) is 0 Å². The molecule has 0 bridgehead atoms. The topological polar surface area (TPSA) is 84.2 Å². The molecule has 6 nitrogen and oxygen atoms in total. The maximum Gasteiger partial charge on any atom is 0.404 e. The summed E-state index contributed by atoms with van der Waals surface area (Å²) < 4.78 is 2.03. The van der Waals surface area contributed by atoms with Crippen molar-refractivity contribution in [3.63, 3.8) is 0 Å². The summed E-state index contributed by atoms with van der Waals surface area (Å²) in [6.45, 7) is 3.45. The van der Waals surface area contributed by atoms with Crippen LogP contribution in [0, 0.1) is 0 Å². The number of aromatic nitrogens is 2. The van der Waals surface area contributed by atoms with Crippen LogP contribution in [-0.4, -0.2) is 32.8 Å². The van der Waals surface area contributed by atoms with Gasteiger partial charge in [-0.1, -0.05) is 0 Å². The molecule has 0 saturated heterocycles. The zero-order valence-electron chi connectivity index (χ0n) is 8.90. The Kier molecular flexibility index (Phi) is 4.05. The molecule has 0 aliphatic carbocycles. The molecule has 0 aromatic carbocycles. The van der Waals surface area contributed by atoms with Crippen molar-refractivity contribution in [1.29, 1.82) is 0 Å². The summed E-state index contributed by atoms with van der Waals surface area (Å²) in [7, 11) is 0. The SMILES string of the molecule is CC(=O)c1cc(Br)nn1CC(C)NC(=O)O. The molecule has 88 valence electrons. The zero-order chi connectivity index (χ0) is 12.3. The number of carbonyl (C=O) groups is 2. The lowest BCUT2D eigenvalue weighted by atomic mass is 10.3. The van der Waals surface area contributed by atoms with Crippen molar-refractivity contribution in [2.24, 2.45) is 0 Å². The fourth-order valence-corrected chi connectivity index (χ4v) is 1.73. The molecule has 0 fully saturated rings. The summed E-state index contributed by atoms with van der Waals surface area (Å²) in [4.78, 5) is 21.7. The van der Waals surface area contributed by atoms with Crippen LogP contribution >= 0.6 is 15.9 Å². The Morgan fingerprint density at radius 2 is 2.31 bits per heavy atom. The van der Waals surface area contributed by atoms with E-state index >= 15 is 0 Å². The van der Waals surface area contributed by atoms with Crippen molar-refractivity contribution < 1.29 is 14.7 Å². The molecule has 1 amide bonds. The fourth-order valence-electron chi connectivity index (χ4n) is 1.32. The van der Waals surface area contributed by atoms with Crippen LogP contribution in [0.3, 0.4) is 0 Å². The number of rotatable bonds is 4. The van der Waals surface area contributed by atoms with Crippen LogP contribution in [0.15, 0.2) is 10.7 Å². The van der Waals surface area contributed by atoms with Crippen LogP contribution in [-0.2, 0) is 6.54 Å². The van der Waals surface area contributed by atoms with E-state index in [1.807, 2.05) is 0 Å². The molecule has 1 atom stereocenters. The Bertz CT molecular complexity index is 416. The van der Waals surface area contributed by atoms with Crippen LogP contribution in [0.4, 0.5) is 4.79 Å². The molecule has 2 N–H and O–H groups in total. The lowest BCUT2D eigenvalue weighted by molar-refractivity contribution is 0.100. The van der Waals surface area contributed by atoms with Gasteiger partial charge in [-0.3, -0.25) is 9.48 Å². The Hall–Kier alpha value is -1.37. The van der Waals surface area contributed by atoms with E-state index in [0.29, 0.717) is 16.8 Å². The van der Waals surface area contributed by atoms with Gasteiger partial charge in [-0.2, -0.15) is 5.10 Å². The van der Waals surface area contributed by atoms with E-state index in [9.17, 15) is 9.59 Å². The van der Waals surface area contributed by atoms with E-state index in [4.69, 9.17) is 5.11 Å². The third-order valence-electron chi connectivity index (χ3n) is 1.93. The third kappa shape index (κ3) is 3.34. The molecular weight excluding hydrogens is 278 g/mol. The number of carboxylic acid groups (broad SMARTS) is 1. The summed E-state index contributed by atoms with van der Waals surface area (Å²) in [6.07, 6.45) is -1.09. The number of ketones is 1. The highest BCUT2D eigenvalue weighted by atomic mass is 79.9. The maximum atomic E-state index is 11.3. The van der Waals surface area contributed by atoms with Crippen molar-refractivity contribution in [3.8, 4) is 0 Å². The van der Waals surface area contributed by atoms with Crippen LogP contribution in [0.25, 0.3) is 0 Å². The second-order valence-corrected chi connectivity index (χ2v) is 4.25. The van der Waals surface area contributed by atoms with Crippen molar-refractivity contribution in [1.82, 2.24) is 15.1 Å². The molecule has 0 aliphatic rings. The highest BCUT2D eigenvalue weighted by Gasteiger charge is 2.13. The van der Waals surface area contributed by atoms with E-state index in [1.54, 1.807) is 13.0 Å². The minimum Gasteiger partial charge on any atom is -0.465 e. The summed E-state index contributed by atoms with van der Waals surface area (Å²) in [5.74, 6) is -0.110. The molecule has 16 heavy (non-hydrogen) atoms. The molecule has 7 heteroatoms. The fraction of sp³-hybridized carbons (Fsp3) is 0.444. The number of Topliss-reactive ketones (excluding diaryl/α,β-unsaturated/α-hetero) is 1. The van der Waals surface area contributed by atoms with Crippen LogP contribution in [0.2, 0.25) is 0 Å². The van der Waals surface area contributed by atoms with Gasteiger partial charge in [-0.25, -0.2) is 4.79 Å². The van der Waals surface area contributed by atoms with E-state index in [2.05, 4.69) is 26.3 Å². The maximum absolute atomic E-state index is 11.3. The number of hydrogen-bond donors (Lipinski definition) is 2. The molecule has 1 heterocycles. The first-order chi connectivity index (χ1) is 7.40. The van der Waals surface area contributed by atoms with Gasteiger partial charge in [-0.15, -0.1) is 0 Å². The second kappa shape index (κ2) is 5.11. The molecule has 0 spiro atoms. The molecule has 0 radical (unpaired) electrons. The zero-order valence-corrected chi connectivity index (χ0v) is 10.5. The molecule has 1 aromatic rings. The molecule has 0 aliphatic heterocycles. The van der Waals surface area contributed by atoms with Crippen LogP contribution in [0.1, 0.15) is 24.3 Å². The summed E-state index contributed by atoms with van der Waals surface area (Å²) >= 11 is 3.17. The quantitative estimate of drug-likeness (QED) is 0.823. The monoisotopic (exact) mass is 289 g/mol. The summed E-state index contributed by atoms with van der Waals surface area (Å²) in [5, 5.41) is 14.9. The average Bonchev–Trinajstić information content (AvgIpc) is 2.44. The molecule has 1 aromatic heterocycles. The molecule has 1 unspecified atom stereocenters. The molecule has 1 rings (SSSR count). The standard InChI is InChI=1S/C9H12BrN3O3/c1-5(11-9(15)16)4-13-7(6(2)14)3-8(10)12-13/h3,5,11H,4H2,1-2H3,(H,15,16). The van der Waals surface area contributed by atoms with Gasteiger partial charge in [0, 0.05) is 19.0 Å². The van der Waals surface area contributed by atoms with Gasteiger partial charge in [0.25, 0.3) is 0 Å². The number of nitrogens with zero attached hydrogens (tertiary/aromatic N) is 2. The number of halogens is 1. The lowest BCUT2D eigenvalue weighted by Crippen LogP contribution is -2.35. The van der Waals surface area contributed by atoms with Gasteiger partial charge in [-0.05, 0) is 22.9 Å². The minimum atomic E-state index is -1.09. The Morgan fingerprint density at radius 1 is 1.69 bits per heavy atom. The Morgan fingerprint density at radius 3 is 2.81 bits per heavy atom. The van der Waals surface area contributed by atoms with Gasteiger partial charge < -0.3 is 10.4 Å². The minimum absolute atomic E-state index is 0.110. The van der Waals surface area contributed by atoms with E-state index < -0.39 is 6.09 Å². The van der Waals surface area contributed by atoms with Crippen LogP contribution < -0.4 is 5.32 Å². The van der Waals surface area contributed by atoms with E-state index in [-0.39, 0.29) is 11.8 Å². The first-order valence-electron chi connectivity index (χ1n) is 4.64. The van der Waals surface area contributed by atoms with E-state index in [1.165, 1.54) is 11.6 Å². The van der Waals surface area contributed by atoms with Crippen molar-refractivity contribution >= 4 is 27.8 Å². The first-order valence-corrected chi connectivity index (χ1v) is 5.43. The second-order valence-electron chi connectivity index (χ2n) is 3.44. The summed E-state index contributed by atoms with van der Waals surface area (Å²) in [5.41, 5.74) is 0.450. The smallest absolute Gasteiger partial charge is 0.404 e. The number of nitrogens with one attached hydrogen (secondary N) is 1. The highest BCUT2D eigenvalue weighted by Crippen LogP contribution is 2.11. The van der Waals surface area contributed by atoms with E-state index in [0.717, 1.165) is 0 Å².